The summed E-state index contributed by atoms with van der Waals surface area (Å²) in [4.78, 5) is 22.7. The van der Waals surface area contributed by atoms with Crippen LogP contribution < -0.4 is 4.74 Å². The minimum Gasteiger partial charge on any atom is -0.494 e. The quantitative estimate of drug-likeness (QED) is 0.341. The SMILES string of the molecule is COC(=O)C(=O)c1ccc(OCCCc2ccc(F)cc2)cc1. The first-order chi connectivity index (χ1) is 11.1. The molecule has 0 N–H and O–H groups in total. The van der Waals surface area contributed by atoms with E-state index in [1.165, 1.54) is 31.4 Å². The Balaban J connectivity index is 1.79. The molecule has 23 heavy (non-hydrogen) atoms. The number of carbonyl (C=O) groups excluding carboxylic acids is 2. The minimum atomic E-state index is -0.891. The third-order valence-corrected chi connectivity index (χ3v) is 3.28. The highest BCUT2D eigenvalue weighted by atomic mass is 19.1. The smallest absolute Gasteiger partial charge is 0.379 e. The van der Waals surface area contributed by atoms with Gasteiger partial charge in [-0.2, -0.15) is 0 Å². The number of benzene rings is 2. The van der Waals surface area contributed by atoms with Gasteiger partial charge in [-0.25, -0.2) is 9.18 Å². The van der Waals surface area contributed by atoms with Crippen LogP contribution in [0.1, 0.15) is 22.3 Å². The summed E-state index contributed by atoms with van der Waals surface area (Å²) >= 11 is 0. The van der Waals surface area contributed by atoms with Crippen molar-refractivity contribution in [2.45, 2.75) is 12.8 Å². The highest BCUT2D eigenvalue weighted by molar-refractivity contribution is 6.40. The second-order valence-corrected chi connectivity index (χ2v) is 4.92. The predicted octanol–water partition coefficient (Wildman–Crippen LogP) is 3.19. The molecule has 2 aromatic rings. The van der Waals surface area contributed by atoms with E-state index in [-0.39, 0.29) is 11.4 Å². The van der Waals surface area contributed by atoms with Crippen LogP contribution in [0.25, 0.3) is 0 Å². The number of rotatable bonds is 7. The number of carbonyl (C=O) groups is 2. The van der Waals surface area contributed by atoms with Gasteiger partial charge in [-0.05, 0) is 54.8 Å². The number of ketones is 1. The molecule has 0 saturated heterocycles. The molecule has 0 atom stereocenters. The Bertz CT molecular complexity index is 662. The Kier molecular flexibility index (Phi) is 5.86. The zero-order valence-corrected chi connectivity index (χ0v) is 12.8. The third-order valence-electron chi connectivity index (χ3n) is 3.28. The van der Waals surface area contributed by atoms with Crippen LogP contribution in [-0.2, 0) is 16.0 Å². The van der Waals surface area contributed by atoms with Crippen molar-refractivity contribution < 1.29 is 23.5 Å². The van der Waals surface area contributed by atoms with E-state index < -0.39 is 11.8 Å². The maximum Gasteiger partial charge on any atom is 0.379 e. The molecule has 5 heteroatoms. The average Bonchev–Trinajstić information content (AvgIpc) is 2.59. The molecule has 120 valence electrons. The fraction of sp³-hybridized carbons (Fsp3) is 0.222. The van der Waals surface area contributed by atoms with Gasteiger partial charge in [0, 0.05) is 5.56 Å². The van der Waals surface area contributed by atoms with Crippen molar-refractivity contribution in [1.29, 1.82) is 0 Å². The van der Waals surface area contributed by atoms with E-state index in [1.807, 2.05) is 0 Å². The summed E-state index contributed by atoms with van der Waals surface area (Å²) in [6, 6.07) is 12.7. The summed E-state index contributed by atoms with van der Waals surface area (Å²) in [5, 5.41) is 0. The first-order valence-electron chi connectivity index (χ1n) is 7.20. The Labute approximate surface area is 133 Å². The summed E-state index contributed by atoms with van der Waals surface area (Å²) in [6.45, 7) is 0.502. The van der Waals surface area contributed by atoms with E-state index in [0.717, 1.165) is 18.4 Å². The Morgan fingerprint density at radius 1 is 1.00 bits per heavy atom. The standard InChI is InChI=1S/C18H17FO4/c1-22-18(21)17(20)14-6-10-16(11-7-14)23-12-2-3-13-4-8-15(19)9-5-13/h4-11H,2-3,12H2,1H3. The molecule has 0 spiro atoms. The second kappa shape index (κ2) is 8.08. The number of methoxy groups -OCH3 is 1. The fourth-order valence-electron chi connectivity index (χ4n) is 2.03. The molecule has 0 heterocycles. The average molecular weight is 316 g/mol. The fourth-order valence-corrected chi connectivity index (χ4v) is 2.03. The first kappa shape index (κ1) is 16.7. The monoisotopic (exact) mass is 316 g/mol. The summed E-state index contributed by atoms with van der Waals surface area (Å²) in [5.74, 6) is -1.20. The Hall–Kier alpha value is -2.69. The lowest BCUT2D eigenvalue weighted by Crippen LogP contribution is -2.15. The van der Waals surface area contributed by atoms with Crippen LogP contribution in [0, 0.1) is 5.82 Å². The van der Waals surface area contributed by atoms with Gasteiger partial charge in [-0.15, -0.1) is 0 Å². The van der Waals surface area contributed by atoms with Gasteiger partial charge in [0.05, 0.1) is 13.7 Å². The van der Waals surface area contributed by atoms with E-state index in [0.29, 0.717) is 12.4 Å². The van der Waals surface area contributed by atoms with Gasteiger partial charge < -0.3 is 9.47 Å². The third kappa shape index (κ3) is 4.92. The van der Waals surface area contributed by atoms with Gasteiger partial charge in [-0.1, -0.05) is 12.1 Å². The van der Waals surface area contributed by atoms with Crippen molar-refractivity contribution in [3.8, 4) is 5.75 Å². The van der Waals surface area contributed by atoms with E-state index in [1.54, 1.807) is 24.3 Å². The Morgan fingerprint density at radius 2 is 1.65 bits per heavy atom. The first-order valence-corrected chi connectivity index (χ1v) is 7.20. The van der Waals surface area contributed by atoms with E-state index in [2.05, 4.69) is 4.74 Å². The molecule has 0 bridgehead atoms. The van der Waals surface area contributed by atoms with Crippen LogP contribution in [0.5, 0.6) is 5.75 Å². The molecule has 0 aliphatic rings. The molecule has 0 amide bonds. The minimum absolute atomic E-state index is 0.244. The molecule has 2 rings (SSSR count). The molecule has 4 nitrogen and oxygen atoms in total. The number of esters is 1. The van der Waals surface area contributed by atoms with Crippen LogP contribution in [-0.4, -0.2) is 25.5 Å². The van der Waals surface area contributed by atoms with Crippen LogP contribution in [0.15, 0.2) is 48.5 Å². The zero-order valence-electron chi connectivity index (χ0n) is 12.8. The molecule has 0 saturated carbocycles. The normalized spacial score (nSPS) is 10.2. The number of hydrogen-bond donors (Lipinski definition) is 0. The van der Waals surface area contributed by atoms with Crippen molar-refractivity contribution in [3.05, 3.63) is 65.5 Å². The van der Waals surface area contributed by atoms with Crippen LogP contribution in [0.2, 0.25) is 0 Å². The van der Waals surface area contributed by atoms with Gasteiger partial charge in [0.2, 0.25) is 0 Å². The lowest BCUT2D eigenvalue weighted by Gasteiger charge is -2.07. The maximum absolute atomic E-state index is 12.8. The largest absolute Gasteiger partial charge is 0.494 e. The van der Waals surface area contributed by atoms with Crippen molar-refractivity contribution in [2.24, 2.45) is 0 Å². The molecule has 0 unspecified atom stereocenters. The molecule has 0 aliphatic carbocycles. The van der Waals surface area contributed by atoms with Crippen LogP contribution >= 0.6 is 0 Å². The molecular weight excluding hydrogens is 299 g/mol. The number of hydrogen-bond acceptors (Lipinski definition) is 4. The molecule has 0 fully saturated rings. The Morgan fingerprint density at radius 3 is 2.26 bits per heavy atom. The summed E-state index contributed by atoms with van der Waals surface area (Å²) in [6.07, 6.45) is 1.58. The highest BCUT2D eigenvalue weighted by Crippen LogP contribution is 2.14. The topological polar surface area (TPSA) is 52.6 Å². The summed E-state index contributed by atoms with van der Waals surface area (Å²) in [7, 11) is 1.17. The van der Waals surface area contributed by atoms with Crippen LogP contribution in [0.3, 0.4) is 0 Å². The number of aryl methyl sites for hydroxylation is 1. The van der Waals surface area contributed by atoms with Gasteiger partial charge in [0.15, 0.2) is 0 Å². The van der Waals surface area contributed by atoms with Crippen molar-refractivity contribution in [3.63, 3.8) is 0 Å². The van der Waals surface area contributed by atoms with Crippen molar-refractivity contribution in [2.75, 3.05) is 13.7 Å². The van der Waals surface area contributed by atoms with Gasteiger partial charge in [-0.3, -0.25) is 4.79 Å². The molecule has 0 aromatic heterocycles. The molecule has 0 aliphatic heterocycles. The highest BCUT2D eigenvalue weighted by Gasteiger charge is 2.16. The lowest BCUT2D eigenvalue weighted by molar-refractivity contribution is -0.135. The summed E-state index contributed by atoms with van der Waals surface area (Å²) < 4.78 is 22.7. The van der Waals surface area contributed by atoms with Crippen molar-refractivity contribution >= 4 is 11.8 Å². The zero-order chi connectivity index (χ0) is 16.7. The van der Waals surface area contributed by atoms with Gasteiger partial charge in [0.1, 0.15) is 11.6 Å². The summed E-state index contributed by atoms with van der Waals surface area (Å²) in [5.41, 5.74) is 1.31. The predicted molar refractivity (Wildman–Crippen MR) is 83.0 cm³/mol. The molecule has 0 radical (unpaired) electrons. The van der Waals surface area contributed by atoms with E-state index in [4.69, 9.17) is 4.74 Å². The van der Waals surface area contributed by atoms with Crippen LogP contribution in [0.4, 0.5) is 4.39 Å². The van der Waals surface area contributed by atoms with Gasteiger partial charge in [0.25, 0.3) is 5.78 Å². The van der Waals surface area contributed by atoms with Crippen molar-refractivity contribution in [1.82, 2.24) is 0 Å². The molecule has 2 aromatic carbocycles. The number of ether oxygens (including phenoxy) is 2. The number of Topliss-reactive ketones (excluding diaryl/α,β-unsaturated/α-hetero) is 1. The number of halogens is 1. The maximum atomic E-state index is 12.8. The van der Waals surface area contributed by atoms with E-state index in [9.17, 15) is 14.0 Å². The lowest BCUT2D eigenvalue weighted by atomic mass is 10.1. The molecular formula is C18H17FO4. The van der Waals surface area contributed by atoms with E-state index >= 15 is 0 Å². The second-order valence-electron chi connectivity index (χ2n) is 4.92. The van der Waals surface area contributed by atoms with Gasteiger partial charge >= 0.3 is 5.97 Å².